The number of hydrogen-bond acceptors (Lipinski definition) is 10. The number of esters is 1. The van der Waals surface area contributed by atoms with Crippen molar-refractivity contribution in [1.82, 2.24) is 5.32 Å². The number of rotatable bonds is 55. The first kappa shape index (κ1) is 77.1. The number of carbonyl (C=O) groups is 2. The van der Waals surface area contributed by atoms with E-state index < -0.39 is 67.4 Å². The first-order valence-electron chi connectivity index (χ1n) is 33.3. The molecule has 0 aliphatic carbocycles. The molecule has 1 saturated heterocycles. The van der Waals surface area contributed by atoms with Crippen molar-refractivity contribution < 1.29 is 49.3 Å². The van der Waals surface area contributed by atoms with Gasteiger partial charge in [-0.25, -0.2) is 0 Å². The van der Waals surface area contributed by atoms with Crippen LogP contribution in [0.25, 0.3) is 0 Å². The van der Waals surface area contributed by atoms with Crippen LogP contribution in [0.5, 0.6) is 0 Å². The molecule has 8 unspecified atom stereocenters. The van der Waals surface area contributed by atoms with E-state index >= 15 is 0 Å². The highest BCUT2D eigenvalue weighted by molar-refractivity contribution is 5.80. The molecule has 0 radical (unpaired) electrons. The van der Waals surface area contributed by atoms with Gasteiger partial charge < -0.3 is 45.1 Å². The van der Waals surface area contributed by atoms with Crippen LogP contribution in [-0.2, 0) is 23.8 Å². The Kier molecular flexibility index (Phi) is 54.3. The predicted octanol–water partition coefficient (Wildman–Crippen LogP) is 16.6. The highest BCUT2D eigenvalue weighted by Gasteiger charge is 2.47. The Morgan fingerprint density at radius 1 is 0.482 bits per heavy atom. The molecule has 0 aromatic rings. The molecule has 474 valence electrons. The fourth-order valence-corrected chi connectivity index (χ4v) is 9.61. The SMILES string of the molecule is CC/C=C\C/C=C\C/C=C\C/C=C\C/C=C\CCC(O)C(=O)NC(COC1OC(CO)C(O)C(O)C1OC(=O)CCCCCCCCCCCCC/C=C\C/C=C\C/C=C\C/C=C\CCCCC)C(O)/C=C/CCCCCCCCCCC. The van der Waals surface area contributed by atoms with Crippen molar-refractivity contribution in [3.8, 4) is 0 Å². The number of aliphatic hydroxyl groups excluding tert-OH is 5. The van der Waals surface area contributed by atoms with Gasteiger partial charge >= 0.3 is 5.97 Å². The molecule has 0 saturated carbocycles. The van der Waals surface area contributed by atoms with Crippen LogP contribution >= 0.6 is 0 Å². The number of aliphatic hydroxyl groups is 5. The maximum Gasteiger partial charge on any atom is 0.306 e. The molecule has 1 fully saturated rings. The second-order valence-corrected chi connectivity index (χ2v) is 22.5. The van der Waals surface area contributed by atoms with E-state index in [2.05, 4.69) is 123 Å². The summed E-state index contributed by atoms with van der Waals surface area (Å²) in [7, 11) is 0. The van der Waals surface area contributed by atoms with Crippen LogP contribution in [0.4, 0.5) is 0 Å². The number of carbonyl (C=O) groups excluding carboxylic acids is 2. The zero-order chi connectivity index (χ0) is 60.3. The molecule has 8 atom stereocenters. The summed E-state index contributed by atoms with van der Waals surface area (Å²) in [6, 6.07) is -1.06. The molecule has 83 heavy (non-hydrogen) atoms. The zero-order valence-corrected chi connectivity index (χ0v) is 52.5. The van der Waals surface area contributed by atoms with Gasteiger partial charge in [-0.15, -0.1) is 0 Å². The van der Waals surface area contributed by atoms with Gasteiger partial charge in [-0.2, -0.15) is 0 Å². The van der Waals surface area contributed by atoms with Gasteiger partial charge in [0.05, 0.1) is 25.4 Å². The fraction of sp³-hybridized carbons (Fsp3) is 0.694. The van der Waals surface area contributed by atoms with Crippen LogP contribution in [0.3, 0.4) is 0 Å². The van der Waals surface area contributed by atoms with Crippen molar-refractivity contribution in [2.45, 2.75) is 307 Å². The first-order valence-corrected chi connectivity index (χ1v) is 33.3. The second-order valence-electron chi connectivity index (χ2n) is 22.5. The Labute approximate surface area is 506 Å². The number of amides is 1. The zero-order valence-electron chi connectivity index (χ0n) is 52.5. The van der Waals surface area contributed by atoms with Gasteiger partial charge in [0.25, 0.3) is 0 Å². The van der Waals surface area contributed by atoms with Gasteiger partial charge in [0.15, 0.2) is 12.4 Å². The normalized spacial score (nSPS) is 19.3. The van der Waals surface area contributed by atoms with E-state index in [4.69, 9.17) is 14.2 Å². The van der Waals surface area contributed by atoms with Crippen molar-refractivity contribution >= 4 is 11.9 Å². The maximum atomic E-state index is 13.4. The van der Waals surface area contributed by atoms with Crippen LogP contribution in [0.15, 0.2) is 122 Å². The van der Waals surface area contributed by atoms with Crippen molar-refractivity contribution in [1.29, 1.82) is 0 Å². The highest BCUT2D eigenvalue weighted by atomic mass is 16.7. The third kappa shape index (κ3) is 46.0. The van der Waals surface area contributed by atoms with E-state index in [0.717, 1.165) is 109 Å². The summed E-state index contributed by atoms with van der Waals surface area (Å²) < 4.78 is 17.6. The Morgan fingerprint density at radius 2 is 0.867 bits per heavy atom. The lowest BCUT2D eigenvalue weighted by molar-refractivity contribution is -0.305. The van der Waals surface area contributed by atoms with Crippen LogP contribution in [0.2, 0.25) is 0 Å². The lowest BCUT2D eigenvalue weighted by atomic mass is 9.99. The lowest BCUT2D eigenvalue weighted by Crippen LogP contribution is -2.61. The van der Waals surface area contributed by atoms with Crippen LogP contribution in [0, 0.1) is 0 Å². The smallest absolute Gasteiger partial charge is 0.306 e. The van der Waals surface area contributed by atoms with Crippen molar-refractivity contribution in [2.24, 2.45) is 0 Å². The standard InChI is InChI=1S/C72H121NO10/c1-4-7-10-13-16-19-22-24-26-28-29-30-31-32-33-34-35-36-37-38-40-42-45-48-51-54-57-60-67(77)83-70-69(79)68(78)66(61-74)82-72(70)81-62-63(64(75)58-55-52-49-46-43-21-18-15-12-9-6-3)73-71(80)65(76)59-56-53-50-47-44-41-39-27-25-23-20-17-14-11-8-5-2/h8,11,16-17,19-20,24-27,29-30,32-33,41,44,50,53,55,58,63-66,68-70,72,74-76,78-79H,4-7,9-10,12-15,18,21-23,28,31,34-40,42-43,45-49,51-52,54,56-57,59-62H2,1-3H3,(H,73,80)/b11-8-,19-16-,20-17-,26-24-,27-25-,30-29-,33-32-,44-41-,53-50-,58-55+. The largest absolute Gasteiger partial charge is 0.454 e. The molecule has 0 aromatic heterocycles. The minimum Gasteiger partial charge on any atom is -0.454 e. The molecule has 11 nitrogen and oxygen atoms in total. The topological polar surface area (TPSA) is 175 Å². The van der Waals surface area contributed by atoms with Gasteiger partial charge in [-0.05, 0) is 109 Å². The molecular formula is C72H121NO10. The molecule has 1 amide bonds. The third-order valence-electron chi connectivity index (χ3n) is 14.9. The summed E-state index contributed by atoms with van der Waals surface area (Å²) in [5.74, 6) is -1.27. The van der Waals surface area contributed by atoms with Gasteiger partial charge in [-0.3, -0.25) is 9.59 Å². The quantitative estimate of drug-likeness (QED) is 0.0195. The summed E-state index contributed by atoms with van der Waals surface area (Å²) in [6.07, 6.45) is 71.1. The number of ether oxygens (including phenoxy) is 3. The number of unbranched alkanes of at least 4 members (excludes halogenated alkanes) is 23. The number of nitrogens with one attached hydrogen (secondary N) is 1. The van der Waals surface area contributed by atoms with Crippen molar-refractivity contribution in [3.63, 3.8) is 0 Å². The summed E-state index contributed by atoms with van der Waals surface area (Å²) in [5, 5.41) is 57.0. The molecule has 1 aliphatic rings. The molecule has 1 heterocycles. The summed E-state index contributed by atoms with van der Waals surface area (Å²) in [6.45, 7) is 5.60. The van der Waals surface area contributed by atoms with E-state index in [0.29, 0.717) is 12.8 Å². The Hall–Kier alpha value is -3.94. The molecular weight excluding hydrogens is 1040 g/mol. The van der Waals surface area contributed by atoms with Crippen LogP contribution in [-0.4, -0.2) is 99.6 Å². The minimum atomic E-state index is -1.63. The summed E-state index contributed by atoms with van der Waals surface area (Å²) in [5.41, 5.74) is 0. The molecule has 0 aromatic carbocycles. The Morgan fingerprint density at radius 3 is 1.33 bits per heavy atom. The predicted molar refractivity (Wildman–Crippen MR) is 347 cm³/mol. The van der Waals surface area contributed by atoms with Gasteiger partial charge in [-0.1, -0.05) is 264 Å². The molecule has 6 N–H and O–H groups in total. The molecule has 0 spiro atoms. The monoisotopic (exact) mass is 1160 g/mol. The van der Waals surface area contributed by atoms with Crippen molar-refractivity contribution in [3.05, 3.63) is 122 Å². The second kappa shape index (κ2) is 58.4. The minimum absolute atomic E-state index is 0.106. The average Bonchev–Trinajstić information content (AvgIpc) is 3.52. The van der Waals surface area contributed by atoms with E-state index in [1.165, 1.54) is 103 Å². The molecule has 1 aliphatic heterocycles. The number of hydrogen-bond donors (Lipinski definition) is 6. The van der Waals surface area contributed by atoms with Gasteiger partial charge in [0.2, 0.25) is 5.91 Å². The fourth-order valence-electron chi connectivity index (χ4n) is 9.61. The van der Waals surface area contributed by atoms with E-state index in [1.54, 1.807) is 6.08 Å². The Balaban J connectivity index is 2.60. The maximum absolute atomic E-state index is 13.4. The molecule has 1 rings (SSSR count). The first-order chi connectivity index (χ1) is 40.7. The third-order valence-corrected chi connectivity index (χ3v) is 14.9. The molecule has 0 bridgehead atoms. The van der Waals surface area contributed by atoms with E-state index in [9.17, 15) is 35.1 Å². The van der Waals surface area contributed by atoms with Gasteiger partial charge in [0.1, 0.15) is 24.4 Å². The lowest BCUT2D eigenvalue weighted by Gasteiger charge is -2.41. The number of allylic oxidation sites excluding steroid dienone is 19. The van der Waals surface area contributed by atoms with E-state index in [1.807, 2.05) is 18.2 Å². The summed E-state index contributed by atoms with van der Waals surface area (Å²) in [4.78, 5) is 26.6. The van der Waals surface area contributed by atoms with Gasteiger partial charge in [0, 0.05) is 6.42 Å². The highest BCUT2D eigenvalue weighted by Crippen LogP contribution is 2.26. The van der Waals surface area contributed by atoms with Crippen LogP contribution in [0.1, 0.15) is 258 Å². The van der Waals surface area contributed by atoms with Crippen molar-refractivity contribution in [2.75, 3.05) is 13.2 Å². The molecule has 11 heteroatoms. The van der Waals surface area contributed by atoms with E-state index in [-0.39, 0.29) is 19.4 Å². The summed E-state index contributed by atoms with van der Waals surface area (Å²) >= 11 is 0. The Bertz CT molecular complexity index is 1810. The average molecular weight is 1160 g/mol. The van der Waals surface area contributed by atoms with Crippen LogP contribution < -0.4 is 5.32 Å².